The molecule has 0 atom stereocenters. The number of benzene rings is 1. The number of rotatable bonds is 9. The largest absolute Gasteiger partial charge is 0.355 e. The lowest BCUT2D eigenvalue weighted by Gasteiger charge is -2.33. The summed E-state index contributed by atoms with van der Waals surface area (Å²) in [7, 11) is -3.51. The van der Waals surface area contributed by atoms with Gasteiger partial charge in [0.2, 0.25) is 0 Å². The van der Waals surface area contributed by atoms with Crippen LogP contribution in [0.5, 0.6) is 0 Å². The molecule has 1 aromatic carbocycles. The summed E-state index contributed by atoms with van der Waals surface area (Å²) in [6, 6.07) is 8.03. The van der Waals surface area contributed by atoms with E-state index in [1.165, 1.54) is 50.8 Å². The van der Waals surface area contributed by atoms with Gasteiger partial charge in [-0.25, -0.2) is 13.4 Å². The van der Waals surface area contributed by atoms with Crippen molar-refractivity contribution in [3.05, 3.63) is 47.1 Å². The van der Waals surface area contributed by atoms with Gasteiger partial charge in [0.15, 0.2) is 15.7 Å². The Kier molecular flexibility index (Phi) is 9.82. The molecule has 2 aromatic rings. The molecule has 9 heteroatoms. The first kappa shape index (κ1) is 28.6. The SMILES string of the molecule is CS(=O)(=O)c1cnc(N2CCC(CC(=O)CCC3CCCCCC3)CC2)c(NC(=O)c2cccc(Cl)c2)c1. The number of carbonyl (C=O) groups excluding carboxylic acids is 2. The summed E-state index contributed by atoms with van der Waals surface area (Å²) in [4.78, 5) is 32.2. The van der Waals surface area contributed by atoms with Crippen LogP contribution >= 0.6 is 11.6 Å². The Hall–Kier alpha value is -2.45. The summed E-state index contributed by atoms with van der Waals surface area (Å²) in [6.45, 7) is 1.37. The van der Waals surface area contributed by atoms with Gasteiger partial charge in [-0.1, -0.05) is 56.2 Å². The van der Waals surface area contributed by atoms with Gasteiger partial charge in [-0.15, -0.1) is 0 Å². The van der Waals surface area contributed by atoms with E-state index in [1.807, 2.05) is 0 Å². The van der Waals surface area contributed by atoms with Crippen molar-refractivity contribution in [2.75, 3.05) is 29.6 Å². The van der Waals surface area contributed by atoms with Crippen molar-refractivity contribution in [2.45, 2.75) is 75.5 Å². The number of sulfone groups is 1. The van der Waals surface area contributed by atoms with Gasteiger partial charge in [-0.05, 0) is 55.4 Å². The molecular weight excluding hydrogens is 522 g/mol. The van der Waals surface area contributed by atoms with Crippen LogP contribution in [0.25, 0.3) is 0 Å². The molecule has 1 aromatic heterocycles. The van der Waals surface area contributed by atoms with Crippen molar-refractivity contribution in [1.29, 1.82) is 0 Å². The van der Waals surface area contributed by atoms with E-state index in [-0.39, 0.29) is 4.90 Å². The normalized spacial score (nSPS) is 17.7. The van der Waals surface area contributed by atoms with Crippen LogP contribution in [0.2, 0.25) is 5.02 Å². The molecule has 206 valence electrons. The summed E-state index contributed by atoms with van der Waals surface area (Å²) < 4.78 is 24.3. The third kappa shape index (κ3) is 8.03. The number of pyridine rings is 1. The highest BCUT2D eigenvalue weighted by molar-refractivity contribution is 7.90. The molecule has 2 aliphatic rings. The number of aromatic nitrogens is 1. The van der Waals surface area contributed by atoms with Crippen LogP contribution in [-0.4, -0.2) is 44.4 Å². The minimum atomic E-state index is -3.51. The Labute approximate surface area is 231 Å². The van der Waals surface area contributed by atoms with Crippen LogP contribution in [0.15, 0.2) is 41.4 Å². The summed E-state index contributed by atoms with van der Waals surface area (Å²) in [5.41, 5.74) is 0.713. The molecule has 7 nitrogen and oxygen atoms in total. The average molecular weight is 560 g/mol. The second-order valence-corrected chi connectivity index (χ2v) is 13.3. The van der Waals surface area contributed by atoms with Gasteiger partial charge < -0.3 is 10.2 Å². The van der Waals surface area contributed by atoms with Crippen LogP contribution in [0.4, 0.5) is 11.5 Å². The molecule has 1 aliphatic heterocycles. The molecule has 0 unspecified atom stereocenters. The van der Waals surface area contributed by atoms with Crippen molar-refractivity contribution in [1.82, 2.24) is 4.98 Å². The predicted octanol–water partition coefficient (Wildman–Crippen LogP) is 6.32. The van der Waals surface area contributed by atoms with Gasteiger partial charge in [0, 0.05) is 49.0 Å². The predicted molar refractivity (Wildman–Crippen MR) is 152 cm³/mol. The fraction of sp³-hybridized carbons (Fsp3) is 0.552. The van der Waals surface area contributed by atoms with E-state index < -0.39 is 15.7 Å². The Morgan fingerprint density at radius 1 is 1.03 bits per heavy atom. The van der Waals surface area contributed by atoms with Crippen molar-refractivity contribution in [3.8, 4) is 0 Å². The van der Waals surface area contributed by atoms with Crippen molar-refractivity contribution in [3.63, 3.8) is 0 Å². The Morgan fingerprint density at radius 3 is 2.39 bits per heavy atom. The molecular formula is C29H38ClN3O4S. The van der Waals surface area contributed by atoms with Gasteiger partial charge in [0.1, 0.15) is 5.78 Å². The van der Waals surface area contributed by atoms with Gasteiger partial charge in [-0.2, -0.15) is 0 Å². The fourth-order valence-electron chi connectivity index (χ4n) is 5.60. The van der Waals surface area contributed by atoms with Crippen molar-refractivity contribution in [2.24, 2.45) is 11.8 Å². The number of hydrogen-bond donors (Lipinski definition) is 1. The van der Waals surface area contributed by atoms with E-state index in [9.17, 15) is 18.0 Å². The summed E-state index contributed by atoms with van der Waals surface area (Å²) in [5, 5.41) is 3.28. The molecule has 38 heavy (non-hydrogen) atoms. The van der Waals surface area contributed by atoms with Crippen LogP contribution < -0.4 is 10.2 Å². The number of hydrogen-bond acceptors (Lipinski definition) is 6. The van der Waals surface area contributed by atoms with E-state index in [1.54, 1.807) is 24.3 Å². The van der Waals surface area contributed by atoms with E-state index in [0.717, 1.165) is 25.5 Å². The number of carbonyl (C=O) groups is 2. The van der Waals surface area contributed by atoms with Crippen molar-refractivity contribution >= 4 is 44.6 Å². The first-order chi connectivity index (χ1) is 18.2. The number of piperidine rings is 1. The molecule has 1 N–H and O–H groups in total. The summed E-state index contributed by atoms with van der Waals surface area (Å²) in [5.74, 6) is 1.57. The molecule has 1 aliphatic carbocycles. The van der Waals surface area contributed by atoms with E-state index in [4.69, 9.17) is 11.6 Å². The number of amides is 1. The van der Waals surface area contributed by atoms with Gasteiger partial charge >= 0.3 is 0 Å². The van der Waals surface area contributed by atoms with Crippen LogP contribution in [0, 0.1) is 11.8 Å². The van der Waals surface area contributed by atoms with E-state index in [2.05, 4.69) is 15.2 Å². The number of Topliss-reactive ketones (excluding diaryl/α,β-unsaturated/α-hetero) is 1. The Morgan fingerprint density at radius 2 is 1.74 bits per heavy atom. The maximum Gasteiger partial charge on any atom is 0.255 e. The Balaban J connectivity index is 1.38. The summed E-state index contributed by atoms with van der Waals surface area (Å²) >= 11 is 6.04. The third-order valence-electron chi connectivity index (χ3n) is 7.84. The molecule has 0 radical (unpaired) electrons. The molecule has 1 amide bonds. The molecule has 1 saturated heterocycles. The first-order valence-electron chi connectivity index (χ1n) is 13.7. The zero-order valence-corrected chi connectivity index (χ0v) is 23.7. The zero-order valence-electron chi connectivity index (χ0n) is 22.1. The minimum Gasteiger partial charge on any atom is -0.355 e. The number of nitrogens with one attached hydrogen (secondary N) is 1. The van der Waals surface area contributed by atoms with Crippen LogP contribution in [0.3, 0.4) is 0 Å². The highest BCUT2D eigenvalue weighted by Crippen LogP contribution is 2.32. The third-order valence-corrected chi connectivity index (χ3v) is 9.16. The number of ketones is 1. The summed E-state index contributed by atoms with van der Waals surface area (Å²) in [6.07, 6.45) is 14.3. The number of nitrogens with zero attached hydrogens (tertiary/aromatic N) is 2. The standard InChI is InChI=1S/C29H38ClN3O4S/c1-38(36,37)26-19-27(32-29(35)23-9-6-10-24(30)18-23)28(31-20-26)33-15-13-22(14-16-33)17-25(34)12-11-21-7-4-2-3-5-8-21/h6,9-10,18-22H,2-5,7-8,11-17H2,1H3,(H,32,35). The monoisotopic (exact) mass is 559 g/mol. The quantitative estimate of drug-likeness (QED) is 0.361. The lowest BCUT2D eigenvalue weighted by atomic mass is 9.88. The van der Waals surface area contributed by atoms with Gasteiger partial charge in [0.25, 0.3) is 5.91 Å². The molecule has 0 bridgehead atoms. The maximum absolute atomic E-state index is 12.9. The van der Waals surface area contributed by atoms with E-state index >= 15 is 0 Å². The second kappa shape index (κ2) is 13.1. The van der Waals surface area contributed by atoms with Crippen LogP contribution in [0.1, 0.15) is 81.0 Å². The maximum atomic E-state index is 12.9. The lowest BCUT2D eigenvalue weighted by Crippen LogP contribution is -2.35. The van der Waals surface area contributed by atoms with Crippen LogP contribution in [-0.2, 0) is 14.6 Å². The highest BCUT2D eigenvalue weighted by atomic mass is 35.5. The molecule has 4 rings (SSSR count). The minimum absolute atomic E-state index is 0.0387. The first-order valence-corrected chi connectivity index (χ1v) is 16.0. The molecule has 2 fully saturated rings. The zero-order chi connectivity index (χ0) is 27.1. The number of anilines is 2. The molecule has 2 heterocycles. The second-order valence-electron chi connectivity index (χ2n) is 10.8. The topological polar surface area (TPSA) is 96.4 Å². The highest BCUT2D eigenvalue weighted by Gasteiger charge is 2.26. The van der Waals surface area contributed by atoms with Gasteiger partial charge in [-0.3, -0.25) is 9.59 Å². The smallest absolute Gasteiger partial charge is 0.255 e. The number of halogens is 1. The van der Waals surface area contributed by atoms with Gasteiger partial charge in [0.05, 0.1) is 10.6 Å². The molecule has 1 saturated carbocycles. The van der Waals surface area contributed by atoms with E-state index in [0.29, 0.717) is 65.6 Å². The fourth-order valence-corrected chi connectivity index (χ4v) is 6.37. The van der Waals surface area contributed by atoms with Crippen molar-refractivity contribution < 1.29 is 18.0 Å². The Bertz CT molecular complexity index is 1230. The lowest BCUT2D eigenvalue weighted by molar-refractivity contribution is -0.120. The average Bonchev–Trinajstić information content (AvgIpc) is 3.16. The molecule has 0 spiro atoms.